The smallest absolute Gasteiger partial charge is 0.0708 e. The van der Waals surface area contributed by atoms with Gasteiger partial charge in [-0.3, -0.25) is 4.98 Å². The van der Waals surface area contributed by atoms with Crippen LogP contribution in [0, 0.1) is 0 Å². The molecule has 0 atom stereocenters. The number of aromatic nitrogens is 1. The van der Waals surface area contributed by atoms with Crippen LogP contribution in [0.25, 0.3) is 10.9 Å². The van der Waals surface area contributed by atoms with Crippen molar-refractivity contribution in [2.24, 2.45) is 0 Å². The Kier molecular flexibility index (Phi) is 3.28. The number of hydrogen-bond acceptors (Lipinski definition) is 2. The van der Waals surface area contributed by atoms with E-state index in [1.165, 1.54) is 41.5 Å². The number of hydrogen-bond donors (Lipinski definition) is 1. The zero-order valence-corrected chi connectivity index (χ0v) is 11.0. The van der Waals surface area contributed by atoms with Gasteiger partial charge in [-0.15, -0.1) is 0 Å². The van der Waals surface area contributed by atoms with Crippen LogP contribution in [0.1, 0.15) is 36.6 Å². The highest BCUT2D eigenvalue weighted by Gasteiger charge is 2.18. The maximum absolute atomic E-state index is 4.82. The summed E-state index contributed by atoms with van der Waals surface area (Å²) in [5, 5.41) is 4.88. The van der Waals surface area contributed by atoms with Crippen LogP contribution in [0.2, 0.25) is 0 Å². The fraction of sp³-hybridized carbons (Fsp3) is 0.438. The van der Waals surface area contributed by atoms with Gasteiger partial charge < -0.3 is 5.32 Å². The predicted octanol–water partition coefficient (Wildman–Crippen LogP) is 3.22. The summed E-state index contributed by atoms with van der Waals surface area (Å²) in [7, 11) is 0. The first-order valence-electron chi connectivity index (χ1n) is 7.00. The first kappa shape index (κ1) is 11.7. The Bertz CT molecular complexity index is 560. The summed E-state index contributed by atoms with van der Waals surface area (Å²) < 4.78 is 0. The van der Waals surface area contributed by atoms with E-state index in [0.717, 1.165) is 25.0 Å². The molecule has 1 N–H and O–H groups in total. The molecular weight excluding hydrogens is 220 g/mol. The van der Waals surface area contributed by atoms with Crippen molar-refractivity contribution in [3.8, 4) is 0 Å². The Labute approximate surface area is 108 Å². The molecule has 2 aromatic rings. The van der Waals surface area contributed by atoms with Crippen LogP contribution in [0.3, 0.4) is 0 Å². The first-order chi connectivity index (χ1) is 8.90. The SMILES string of the molecule is CCCNCc1c2c(nc3ccccc13)CCC2. The standard InChI is InChI=1S/C16H20N2/c1-2-10-17-11-14-12-6-3-4-8-15(12)18-16-9-5-7-13(14)16/h3-4,6,8,17H,2,5,7,9-11H2,1H3. The quantitative estimate of drug-likeness (QED) is 0.830. The minimum Gasteiger partial charge on any atom is -0.313 e. The Morgan fingerprint density at radius 1 is 1.22 bits per heavy atom. The van der Waals surface area contributed by atoms with Gasteiger partial charge in [0.2, 0.25) is 0 Å². The monoisotopic (exact) mass is 240 g/mol. The zero-order valence-electron chi connectivity index (χ0n) is 11.0. The van der Waals surface area contributed by atoms with Crippen LogP contribution in [-0.2, 0) is 19.4 Å². The van der Waals surface area contributed by atoms with Crippen LogP contribution in [0.4, 0.5) is 0 Å². The second-order valence-corrected chi connectivity index (χ2v) is 5.06. The second kappa shape index (κ2) is 5.07. The van der Waals surface area contributed by atoms with Gasteiger partial charge in [-0.1, -0.05) is 25.1 Å². The number of benzene rings is 1. The summed E-state index contributed by atoms with van der Waals surface area (Å²) in [6, 6.07) is 8.55. The van der Waals surface area contributed by atoms with Crippen molar-refractivity contribution in [3.05, 3.63) is 41.1 Å². The van der Waals surface area contributed by atoms with Gasteiger partial charge in [0.25, 0.3) is 0 Å². The number of fused-ring (bicyclic) bond motifs is 2. The Hall–Kier alpha value is -1.41. The Morgan fingerprint density at radius 2 is 2.11 bits per heavy atom. The highest BCUT2D eigenvalue weighted by molar-refractivity contribution is 5.84. The number of para-hydroxylation sites is 1. The van der Waals surface area contributed by atoms with Gasteiger partial charge in [0, 0.05) is 17.6 Å². The summed E-state index contributed by atoms with van der Waals surface area (Å²) in [5.41, 5.74) is 5.49. The number of pyridine rings is 1. The third-order valence-corrected chi connectivity index (χ3v) is 3.77. The van der Waals surface area contributed by atoms with Crippen molar-refractivity contribution in [2.75, 3.05) is 6.54 Å². The molecule has 2 nitrogen and oxygen atoms in total. The lowest BCUT2D eigenvalue weighted by Crippen LogP contribution is -2.16. The summed E-state index contributed by atoms with van der Waals surface area (Å²) in [5.74, 6) is 0. The van der Waals surface area contributed by atoms with Crippen molar-refractivity contribution in [3.63, 3.8) is 0 Å². The fourth-order valence-corrected chi connectivity index (χ4v) is 2.90. The van der Waals surface area contributed by atoms with Gasteiger partial charge in [-0.05, 0) is 49.4 Å². The number of aryl methyl sites for hydroxylation is 1. The minimum atomic E-state index is 0.985. The third kappa shape index (κ3) is 2.01. The average molecular weight is 240 g/mol. The van der Waals surface area contributed by atoms with Crippen LogP contribution >= 0.6 is 0 Å². The lowest BCUT2D eigenvalue weighted by atomic mass is 10.0. The van der Waals surface area contributed by atoms with Gasteiger partial charge in [0.15, 0.2) is 0 Å². The molecule has 0 aliphatic heterocycles. The van der Waals surface area contributed by atoms with Crippen molar-refractivity contribution in [1.82, 2.24) is 10.3 Å². The molecule has 0 spiro atoms. The molecule has 1 aliphatic rings. The molecule has 0 unspecified atom stereocenters. The van der Waals surface area contributed by atoms with Gasteiger partial charge in [0.05, 0.1) is 5.52 Å². The number of nitrogens with one attached hydrogen (secondary N) is 1. The molecule has 18 heavy (non-hydrogen) atoms. The van der Waals surface area contributed by atoms with Crippen molar-refractivity contribution in [2.45, 2.75) is 39.2 Å². The predicted molar refractivity (Wildman–Crippen MR) is 75.8 cm³/mol. The molecule has 1 heterocycles. The van der Waals surface area contributed by atoms with Crippen LogP contribution < -0.4 is 5.32 Å². The molecule has 0 amide bonds. The molecule has 94 valence electrons. The van der Waals surface area contributed by atoms with E-state index in [4.69, 9.17) is 4.98 Å². The molecule has 0 fully saturated rings. The van der Waals surface area contributed by atoms with Crippen molar-refractivity contribution in [1.29, 1.82) is 0 Å². The largest absolute Gasteiger partial charge is 0.313 e. The average Bonchev–Trinajstić information content (AvgIpc) is 2.86. The van der Waals surface area contributed by atoms with Crippen LogP contribution in [0.15, 0.2) is 24.3 Å². The summed E-state index contributed by atoms with van der Waals surface area (Å²) >= 11 is 0. The lowest BCUT2D eigenvalue weighted by Gasteiger charge is -2.13. The van der Waals surface area contributed by atoms with E-state index in [9.17, 15) is 0 Å². The molecule has 0 saturated carbocycles. The molecular formula is C16H20N2. The van der Waals surface area contributed by atoms with Gasteiger partial charge >= 0.3 is 0 Å². The van der Waals surface area contributed by atoms with Gasteiger partial charge in [0.1, 0.15) is 0 Å². The maximum Gasteiger partial charge on any atom is 0.0708 e. The summed E-state index contributed by atoms with van der Waals surface area (Å²) in [6.07, 6.45) is 4.81. The Balaban J connectivity index is 2.07. The van der Waals surface area contributed by atoms with E-state index in [1.807, 2.05) is 0 Å². The normalized spacial score (nSPS) is 14.1. The third-order valence-electron chi connectivity index (χ3n) is 3.77. The van der Waals surface area contributed by atoms with E-state index in [0.29, 0.717) is 0 Å². The van der Waals surface area contributed by atoms with E-state index >= 15 is 0 Å². The fourth-order valence-electron chi connectivity index (χ4n) is 2.90. The van der Waals surface area contributed by atoms with E-state index in [1.54, 1.807) is 0 Å². The summed E-state index contributed by atoms with van der Waals surface area (Å²) in [6.45, 7) is 4.28. The molecule has 1 aromatic heterocycles. The van der Waals surface area contributed by atoms with Crippen molar-refractivity contribution < 1.29 is 0 Å². The zero-order chi connectivity index (χ0) is 12.4. The molecule has 2 heteroatoms. The molecule has 1 aliphatic carbocycles. The van der Waals surface area contributed by atoms with Gasteiger partial charge in [-0.2, -0.15) is 0 Å². The maximum atomic E-state index is 4.82. The van der Waals surface area contributed by atoms with Crippen LogP contribution in [-0.4, -0.2) is 11.5 Å². The van der Waals surface area contributed by atoms with Gasteiger partial charge in [-0.25, -0.2) is 0 Å². The Morgan fingerprint density at radius 3 is 3.00 bits per heavy atom. The number of rotatable bonds is 4. The topological polar surface area (TPSA) is 24.9 Å². The van der Waals surface area contributed by atoms with Crippen LogP contribution in [0.5, 0.6) is 0 Å². The number of nitrogens with zero attached hydrogens (tertiary/aromatic N) is 1. The highest BCUT2D eigenvalue weighted by atomic mass is 14.8. The summed E-state index contributed by atoms with van der Waals surface area (Å²) in [4.78, 5) is 4.82. The molecule has 0 bridgehead atoms. The van der Waals surface area contributed by atoms with Crippen molar-refractivity contribution >= 4 is 10.9 Å². The second-order valence-electron chi connectivity index (χ2n) is 5.06. The van der Waals surface area contributed by atoms with E-state index < -0.39 is 0 Å². The van der Waals surface area contributed by atoms with E-state index in [-0.39, 0.29) is 0 Å². The highest BCUT2D eigenvalue weighted by Crippen LogP contribution is 2.29. The molecule has 1 aromatic carbocycles. The molecule has 0 radical (unpaired) electrons. The molecule has 0 saturated heterocycles. The minimum absolute atomic E-state index is 0.985. The first-order valence-corrected chi connectivity index (χ1v) is 7.00. The molecule has 3 rings (SSSR count). The van der Waals surface area contributed by atoms with E-state index in [2.05, 4.69) is 36.5 Å². The lowest BCUT2D eigenvalue weighted by molar-refractivity contribution is 0.674.